The quantitative estimate of drug-likeness (QED) is 0.858. The van der Waals surface area contributed by atoms with E-state index in [0.717, 1.165) is 44.7 Å². The van der Waals surface area contributed by atoms with Crippen molar-refractivity contribution in [2.75, 3.05) is 13.1 Å². The first kappa shape index (κ1) is 16.2. The zero-order chi connectivity index (χ0) is 17.4. The Morgan fingerprint density at radius 3 is 2.76 bits per heavy atom. The summed E-state index contributed by atoms with van der Waals surface area (Å²) in [5.41, 5.74) is 0.687. The van der Waals surface area contributed by atoms with Crippen molar-refractivity contribution in [2.45, 2.75) is 44.6 Å². The van der Waals surface area contributed by atoms with Gasteiger partial charge in [-0.15, -0.1) is 10.2 Å². The number of piperidine rings is 1. The van der Waals surface area contributed by atoms with Crippen LogP contribution >= 0.6 is 0 Å². The Hall–Kier alpha value is -2.24. The van der Waals surface area contributed by atoms with Crippen LogP contribution in [0.3, 0.4) is 0 Å². The molecule has 2 fully saturated rings. The van der Waals surface area contributed by atoms with Crippen LogP contribution in [-0.2, 0) is 11.3 Å². The molecule has 132 valence electrons. The number of aryl methyl sites for hydroxylation is 1. The number of benzene rings is 1. The van der Waals surface area contributed by atoms with E-state index in [1.54, 1.807) is 18.5 Å². The summed E-state index contributed by atoms with van der Waals surface area (Å²) in [5.74, 6) is 1.39. The van der Waals surface area contributed by atoms with Crippen molar-refractivity contribution in [3.63, 3.8) is 0 Å². The van der Waals surface area contributed by atoms with Crippen LogP contribution in [0.2, 0.25) is 0 Å². The van der Waals surface area contributed by atoms with Gasteiger partial charge in [0.25, 0.3) is 0 Å². The van der Waals surface area contributed by atoms with Crippen LogP contribution in [0.4, 0.5) is 4.39 Å². The predicted octanol–water partition coefficient (Wildman–Crippen LogP) is 2.95. The molecule has 0 unspecified atom stereocenters. The van der Waals surface area contributed by atoms with Crippen LogP contribution in [0.15, 0.2) is 30.6 Å². The molecule has 2 atom stereocenters. The van der Waals surface area contributed by atoms with Crippen molar-refractivity contribution in [1.29, 1.82) is 0 Å². The minimum atomic E-state index is -0.194. The van der Waals surface area contributed by atoms with Gasteiger partial charge < -0.3 is 9.47 Å². The van der Waals surface area contributed by atoms with E-state index < -0.39 is 0 Å². The van der Waals surface area contributed by atoms with Gasteiger partial charge >= 0.3 is 0 Å². The van der Waals surface area contributed by atoms with Gasteiger partial charge in [-0.05, 0) is 43.7 Å². The summed E-state index contributed by atoms with van der Waals surface area (Å²) in [6.45, 7) is 4.45. The normalized spacial score (nSPS) is 23.7. The van der Waals surface area contributed by atoms with Gasteiger partial charge in [0.2, 0.25) is 5.91 Å². The molecule has 25 heavy (non-hydrogen) atoms. The highest BCUT2D eigenvalue weighted by atomic mass is 19.1. The third-order valence-electron chi connectivity index (χ3n) is 5.57. The fourth-order valence-corrected chi connectivity index (χ4v) is 4.00. The van der Waals surface area contributed by atoms with Crippen molar-refractivity contribution in [1.82, 2.24) is 19.7 Å². The number of aromatic nitrogens is 3. The third-order valence-corrected chi connectivity index (χ3v) is 5.57. The van der Waals surface area contributed by atoms with Crippen molar-refractivity contribution in [3.05, 3.63) is 47.8 Å². The van der Waals surface area contributed by atoms with Crippen LogP contribution in [0.25, 0.3) is 0 Å². The number of hydrogen-bond donors (Lipinski definition) is 0. The minimum absolute atomic E-state index is 0.0484. The molecule has 2 heterocycles. The lowest BCUT2D eigenvalue weighted by Gasteiger charge is -2.32. The van der Waals surface area contributed by atoms with E-state index in [1.807, 2.05) is 11.0 Å². The summed E-state index contributed by atoms with van der Waals surface area (Å²) >= 11 is 0. The van der Waals surface area contributed by atoms with Crippen molar-refractivity contribution in [3.8, 4) is 0 Å². The van der Waals surface area contributed by atoms with Gasteiger partial charge in [-0.25, -0.2) is 4.39 Å². The number of rotatable bonds is 4. The van der Waals surface area contributed by atoms with Gasteiger partial charge in [0, 0.05) is 31.5 Å². The van der Waals surface area contributed by atoms with E-state index in [1.165, 1.54) is 6.07 Å². The van der Waals surface area contributed by atoms with Crippen LogP contribution in [-0.4, -0.2) is 38.7 Å². The van der Waals surface area contributed by atoms with Crippen LogP contribution in [0.1, 0.15) is 49.4 Å². The highest BCUT2D eigenvalue weighted by Gasteiger charge is 2.47. The van der Waals surface area contributed by atoms with E-state index in [-0.39, 0.29) is 23.6 Å². The topological polar surface area (TPSA) is 51.0 Å². The Bertz CT molecular complexity index is 766. The summed E-state index contributed by atoms with van der Waals surface area (Å²) in [6.07, 6.45) is 4.38. The van der Waals surface area contributed by atoms with Gasteiger partial charge in [-0.2, -0.15) is 0 Å². The highest BCUT2D eigenvalue weighted by molar-refractivity contribution is 5.83. The van der Waals surface area contributed by atoms with Gasteiger partial charge in [-0.1, -0.05) is 18.2 Å². The maximum absolute atomic E-state index is 13.9. The second kappa shape index (κ2) is 6.58. The maximum atomic E-state index is 13.9. The fraction of sp³-hybridized carbons (Fsp3) is 0.526. The second-order valence-electron chi connectivity index (χ2n) is 7.04. The minimum Gasteiger partial charge on any atom is -0.342 e. The molecule has 1 aromatic heterocycles. The molecule has 0 bridgehead atoms. The molecule has 2 aliphatic rings. The molecule has 5 nitrogen and oxygen atoms in total. The van der Waals surface area contributed by atoms with Crippen LogP contribution < -0.4 is 0 Å². The molecule has 0 N–H and O–H groups in total. The molecule has 4 rings (SSSR count). The molecule has 1 aromatic carbocycles. The zero-order valence-corrected chi connectivity index (χ0v) is 14.4. The first-order valence-corrected chi connectivity index (χ1v) is 9.10. The summed E-state index contributed by atoms with van der Waals surface area (Å²) < 4.78 is 16.0. The Labute approximate surface area is 146 Å². The third kappa shape index (κ3) is 3.05. The molecular formula is C19H23FN4O. The van der Waals surface area contributed by atoms with Crippen molar-refractivity contribution in [2.24, 2.45) is 5.92 Å². The Kier molecular flexibility index (Phi) is 4.27. The zero-order valence-electron chi connectivity index (χ0n) is 14.4. The summed E-state index contributed by atoms with van der Waals surface area (Å²) in [7, 11) is 0. The molecular weight excluding hydrogens is 319 g/mol. The molecule has 1 aliphatic heterocycles. The van der Waals surface area contributed by atoms with Crippen molar-refractivity contribution < 1.29 is 9.18 Å². The van der Waals surface area contributed by atoms with Crippen LogP contribution in [0, 0.1) is 11.7 Å². The Balaban J connectivity index is 1.36. The lowest BCUT2D eigenvalue weighted by Crippen LogP contribution is -2.39. The highest BCUT2D eigenvalue weighted by Crippen LogP contribution is 2.49. The van der Waals surface area contributed by atoms with E-state index in [2.05, 4.69) is 21.7 Å². The molecule has 1 amide bonds. The number of carbonyl (C=O) groups is 1. The number of amides is 1. The van der Waals surface area contributed by atoms with Gasteiger partial charge in [0.15, 0.2) is 0 Å². The average Bonchev–Trinajstić information content (AvgIpc) is 3.29. The van der Waals surface area contributed by atoms with Gasteiger partial charge in [-0.3, -0.25) is 4.79 Å². The largest absolute Gasteiger partial charge is 0.342 e. The summed E-state index contributed by atoms with van der Waals surface area (Å²) in [4.78, 5) is 14.7. The van der Waals surface area contributed by atoms with E-state index in [0.29, 0.717) is 11.5 Å². The summed E-state index contributed by atoms with van der Waals surface area (Å²) in [5, 5.41) is 8.27. The average molecular weight is 342 g/mol. The number of nitrogens with zero attached hydrogens (tertiary/aromatic N) is 4. The standard InChI is InChI=1S/C19H23FN4O/c1-2-23-12-21-22-18(23)13-7-9-24(10-8-13)19(25)16-11-15(16)14-5-3-4-6-17(14)20/h3-6,12-13,15-16H,2,7-11H2,1H3/t15-,16+/m1/s1. The first-order valence-electron chi connectivity index (χ1n) is 9.10. The Morgan fingerprint density at radius 2 is 2.04 bits per heavy atom. The van der Waals surface area contributed by atoms with Gasteiger partial charge in [0.05, 0.1) is 0 Å². The number of halogens is 1. The lowest BCUT2D eigenvalue weighted by atomic mass is 9.95. The smallest absolute Gasteiger partial charge is 0.226 e. The van der Waals surface area contributed by atoms with E-state index in [4.69, 9.17) is 0 Å². The van der Waals surface area contributed by atoms with Gasteiger partial charge in [0.1, 0.15) is 18.0 Å². The molecule has 1 saturated heterocycles. The molecule has 6 heteroatoms. The molecule has 0 radical (unpaired) electrons. The molecule has 0 spiro atoms. The summed E-state index contributed by atoms with van der Waals surface area (Å²) in [6, 6.07) is 6.81. The second-order valence-corrected chi connectivity index (χ2v) is 7.04. The fourth-order valence-electron chi connectivity index (χ4n) is 4.00. The molecule has 2 aromatic rings. The Morgan fingerprint density at radius 1 is 1.28 bits per heavy atom. The van der Waals surface area contributed by atoms with Crippen LogP contribution in [0.5, 0.6) is 0 Å². The predicted molar refractivity (Wildman–Crippen MR) is 91.5 cm³/mol. The number of likely N-dealkylation sites (tertiary alicyclic amines) is 1. The number of hydrogen-bond acceptors (Lipinski definition) is 3. The SMILES string of the molecule is CCn1cnnc1C1CCN(C(=O)[C@H]2C[C@@H]2c2ccccc2F)CC1. The monoisotopic (exact) mass is 342 g/mol. The first-order chi connectivity index (χ1) is 12.2. The lowest BCUT2D eigenvalue weighted by molar-refractivity contribution is -0.133. The maximum Gasteiger partial charge on any atom is 0.226 e. The number of carbonyl (C=O) groups excluding carboxylic acids is 1. The molecule has 1 saturated carbocycles. The van der Waals surface area contributed by atoms with E-state index >= 15 is 0 Å². The van der Waals surface area contributed by atoms with Crippen molar-refractivity contribution >= 4 is 5.91 Å². The molecule has 1 aliphatic carbocycles. The van der Waals surface area contributed by atoms with E-state index in [9.17, 15) is 9.18 Å².